The summed E-state index contributed by atoms with van der Waals surface area (Å²) < 4.78 is 24.0. The van der Waals surface area contributed by atoms with Crippen LogP contribution >= 0.6 is 0 Å². The van der Waals surface area contributed by atoms with E-state index in [-0.39, 0.29) is 12.6 Å². The van der Waals surface area contributed by atoms with E-state index in [0.717, 1.165) is 51.6 Å². The summed E-state index contributed by atoms with van der Waals surface area (Å²) in [6.07, 6.45) is 16.9. The van der Waals surface area contributed by atoms with Crippen molar-refractivity contribution in [3.63, 3.8) is 0 Å². The van der Waals surface area contributed by atoms with Crippen molar-refractivity contribution in [1.29, 1.82) is 0 Å². The lowest BCUT2D eigenvalue weighted by molar-refractivity contribution is -0.235. The highest BCUT2D eigenvalue weighted by molar-refractivity contribution is 4.88. The Kier molecular flexibility index (Phi) is 9.79. The van der Waals surface area contributed by atoms with Gasteiger partial charge in [-0.1, -0.05) is 45.3 Å². The van der Waals surface area contributed by atoms with Crippen LogP contribution in [0.15, 0.2) is 12.2 Å². The van der Waals surface area contributed by atoms with E-state index < -0.39 is 0 Å². The Balaban J connectivity index is 1.26. The van der Waals surface area contributed by atoms with Crippen LogP contribution in [0.2, 0.25) is 0 Å². The molecule has 0 unspecified atom stereocenters. The standard InChI is InChI=1S/C24H42O4/c1-3-5-7-19-9-12-22(13-10-19)24-27-17-21(18-28-24)11-14-23-25-15-20(16-26-23)8-6-4-2/h6,8,19-24H,3-5,7,9-18H2,1-2H3/b8-6+/t19?,20-,21-,22?,23-,24-. The molecule has 0 bridgehead atoms. The average molecular weight is 395 g/mol. The summed E-state index contributed by atoms with van der Waals surface area (Å²) >= 11 is 0. The Morgan fingerprint density at radius 3 is 2.11 bits per heavy atom. The molecule has 3 rings (SSSR count). The Bertz CT molecular complexity index is 428. The molecule has 0 aromatic rings. The molecule has 0 aromatic carbocycles. The fourth-order valence-electron chi connectivity index (χ4n) is 4.77. The van der Waals surface area contributed by atoms with Crippen LogP contribution in [0.25, 0.3) is 0 Å². The van der Waals surface area contributed by atoms with Gasteiger partial charge in [-0.15, -0.1) is 0 Å². The second-order valence-corrected chi connectivity index (χ2v) is 9.09. The van der Waals surface area contributed by atoms with E-state index in [1.807, 2.05) is 0 Å². The molecule has 2 saturated heterocycles. The lowest BCUT2D eigenvalue weighted by Gasteiger charge is -2.38. The van der Waals surface area contributed by atoms with Gasteiger partial charge in [0.1, 0.15) is 0 Å². The van der Waals surface area contributed by atoms with E-state index >= 15 is 0 Å². The maximum absolute atomic E-state index is 6.13. The van der Waals surface area contributed by atoms with Crippen molar-refractivity contribution < 1.29 is 18.9 Å². The van der Waals surface area contributed by atoms with Gasteiger partial charge in [0.15, 0.2) is 12.6 Å². The summed E-state index contributed by atoms with van der Waals surface area (Å²) in [5.41, 5.74) is 0. The van der Waals surface area contributed by atoms with E-state index in [0.29, 0.717) is 17.8 Å². The molecule has 0 N–H and O–H groups in total. The largest absolute Gasteiger partial charge is 0.352 e. The summed E-state index contributed by atoms with van der Waals surface area (Å²) in [6, 6.07) is 0. The predicted octanol–water partition coefficient (Wildman–Crippen LogP) is 5.71. The fraction of sp³-hybridized carbons (Fsp3) is 0.917. The van der Waals surface area contributed by atoms with Crippen LogP contribution < -0.4 is 0 Å². The first-order valence-corrected chi connectivity index (χ1v) is 11.9. The van der Waals surface area contributed by atoms with Gasteiger partial charge in [-0.3, -0.25) is 0 Å². The zero-order valence-corrected chi connectivity index (χ0v) is 18.2. The molecular weight excluding hydrogens is 352 g/mol. The third-order valence-corrected chi connectivity index (χ3v) is 6.68. The Hall–Kier alpha value is -0.420. The van der Waals surface area contributed by atoms with E-state index in [2.05, 4.69) is 26.0 Å². The van der Waals surface area contributed by atoms with Crippen LogP contribution in [0.5, 0.6) is 0 Å². The quantitative estimate of drug-likeness (QED) is 0.470. The van der Waals surface area contributed by atoms with Gasteiger partial charge in [0.05, 0.1) is 26.4 Å². The fourth-order valence-corrected chi connectivity index (χ4v) is 4.77. The van der Waals surface area contributed by atoms with Gasteiger partial charge in [-0.2, -0.15) is 0 Å². The summed E-state index contributed by atoms with van der Waals surface area (Å²) in [6.45, 7) is 7.66. The molecule has 4 heteroatoms. The molecule has 0 atom stereocenters. The highest BCUT2D eigenvalue weighted by atomic mass is 16.7. The van der Waals surface area contributed by atoms with Crippen molar-refractivity contribution in [1.82, 2.24) is 0 Å². The lowest BCUT2D eigenvalue weighted by atomic mass is 9.79. The van der Waals surface area contributed by atoms with Gasteiger partial charge in [0, 0.05) is 17.8 Å². The molecule has 4 nitrogen and oxygen atoms in total. The molecule has 2 aliphatic heterocycles. The maximum Gasteiger partial charge on any atom is 0.160 e. The van der Waals surface area contributed by atoms with Crippen LogP contribution in [-0.4, -0.2) is 39.0 Å². The van der Waals surface area contributed by atoms with Crippen molar-refractivity contribution in [3.8, 4) is 0 Å². The summed E-state index contributed by atoms with van der Waals surface area (Å²) in [5, 5.41) is 0. The minimum absolute atomic E-state index is 0.0386. The predicted molar refractivity (Wildman–Crippen MR) is 112 cm³/mol. The number of hydrogen-bond acceptors (Lipinski definition) is 4. The first-order chi connectivity index (χ1) is 13.8. The van der Waals surface area contributed by atoms with Gasteiger partial charge < -0.3 is 18.9 Å². The smallest absolute Gasteiger partial charge is 0.160 e. The van der Waals surface area contributed by atoms with Crippen LogP contribution in [0.4, 0.5) is 0 Å². The van der Waals surface area contributed by atoms with Crippen LogP contribution in [0.1, 0.15) is 78.1 Å². The molecule has 2 heterocycles. The molecule has 1 aliphatic carbocycles. The second kappa shape index (κ2) is 12.3. The average Bonchev–Trinajstić information content (AvgIpc) is 2.76. The first kappa shape index (κ1) is 22.3. The molecule has 0 radical (unpaired) electrons. The highest BCUT2D eigenvalue weighted by Gasteiger charge is 2.32. The van der Waals surface area contributed by atoms with Crippen molar-refractivity contribution in [2.45, 2.75) is 90.6 Å². The van der Waals surface area contributed by atoms with Gasteiger partial charge in [0.2, 0.25) is 0 Å². The molecule has 0 amide bonds. The van der Waals surface area contributed by atoms with Gasteiger partial charge in [0.25, 0.3) is 0 Å². The Morgan fingerprint density at radius 1 is 0.750 bits per heavy atom. The molecule has 3 aliphatic rings. The van der Waals surface area contributed by atoms with Crippen molar-refractivity contribution in [2.75, 3.05) is 26.4 Å². The Labute approximate surface area is 172 Å². The third kappa shape index (κ3) is 7.12. The number of hydrogen-bond donors (Lipinski definition) is 0. The lowest BCUT2D eigenvalue weighted by Crippen LogP contribution is -2.39. The monoisotopic (exact) mass is 394 g/mol. The molecule has 28 heavy (non-hydrogen) atoms. The molecule has 162 valence electrons. The number of allylic oxidation sites excluding steroid dienone is 1. The number of rotatable bonds is 9. The molecular formula is C24H42O4. The second-order valence-electron chi connectivity index (χ2n) is 9.09. The Morgan fingerprint density at radius 2 is 1.46 bits per heavy atom. The normalized spacial score (nSPS) is 37.4. The highest BCUT2D eigenvalue weighted by Crippen LogP contribution is 2.36. The van der Waals surface area contributed by atoms with E-state index in [1.165, 1.54) is 44.9 Å². The molecule has 0 spiro atoms. The van der Waals surface area contributed by atoms with Crippen molar-refractivity contribution >= 4 is 0 Å². The third-order valence-electron chi connectivity index (χ3n) is 6.68. The number of unbranched alkanes of at least 4 members (excludes halogenated alkanes) is 1. The van der Waals surface area contributed by atoms with Gasteiger partial charge >= 0.3 is 0 Å². The van der Waals surface area contributed by atoms with Crippen molar-refractivity contribution in [2.24, 2.45) is 23.7 Å². The SMILES string of the molecule is CC/C=C/[C@H]1CO[C@H](CC[C@H]2CO[C@H](C3CCC(CCCC)CC3)OC2)OC1. The summed E-state index contributed by atoms with van der Waals surface area (Å²) in [4.78, 5) is 0. The zero-order valence-electron chi connectivity index (χ0n) is 18.2. The maximum atomic E-state index is 6.13. The minimum atomic E-state index is -0.0533. The first-order valence-electron chi connectivity index (χ1n) is 11.9. The van der Waals surface area contributed by atoms with E-state index in [4.69, 9.17) is 18.9 Å². The molecule has 1 saturated carbocycles. The van der Waals surface area contributed by atoms with Crippen LogP contribution in [0.3, 0.4) is 0 Å². The van der Waals surface area contributed by atoms with E-state index in [1.54, 1.807) is 0 Å². The number of ether oxygens (including phenoxy) is 4. The zero-order chi connectivity index (χ0) is 19.6. The van der Waals surface area contributed by atoms with Gasteiger partial charge in [-0.05, 0) is 50.9 Å². The molecule has 3 fully saturated rings. The van der Waals surface area contributed by atoms with E-state index in [9.17, 15) is 0 Å². The van der Waals surface area contributed by atoms with Crippen LogP contribution in [-0.2, 0) is 18.9 Å². The van der Waals surface area contributed by atoms with Crippen LogP contribution in [0, 0.1) is 23.7 Å². The molecule has 0 aromatic heterocycles. The topological polar surface area (TPSA) is 36.9 Å². The minimum Gasteiger partial charge on any atom is -0.352 e. The van der Waals surface area contributed by atoms with Gasteiger partial charge in [-0.25, -0.2) is 0 Å². The summed E-state index contributed by atoms with van der Waals surface area (Å²) in [5.74, 6) is 2.44. The summed E-state index contributed by atoms with van der Waals surface area (Å²) in [7, 11) is 0. The van der Waals surface area contributed by atoms with Crippen molar-refractivity contribution in [3.05, 3.63) is 12.2 Å².